The molecule has 1 N–H and O–H groups in total. The zero-order valence-electron chi connectivity index (χ0n) is 10.9. The van der Waals surface area contributed by atoms with Gasteiger partial charge in [-0.3, -0.25) is 0 Å². The summed E-state index contributed by atoms with van der Waals surface area (Å²) >= 11 is 9.42. The molecule has 2 nitrogen and oxygen atoms in total. The monoisotopic (exact) mass is 352 g/mol. The van der Waals surface area contributed by atoms with Crippen LogP contribution < -0.4 is 4.74 Å². The van der Waals surface area contributed by atoms with Crippen molar-refractivity contribution in [2.45, 2.75) is 25.6 Å². The molecule has 20 heavy (non-hydrogen) atoms. The van der Waals surface area contributed by atoms with E-state index < -0.39 is 6.10 Å². The first-order valence-electron chi connectivity index (χ1n) is 6.45. The van der Waals surface area contributed by atoms with E-state index in [9.17, 15) is 5.11 Å². The Kier molecular flexibility index (Phi) is 3.76. The van der Waals surface area contributed by atoms with Gasteiger partial charge in [0.2, 0.25) is 0 Å². The van der Waals surface area contributed by atoms with Crippen molar-refractivity contribution in [2.75, 3.05) is 0 Å². The predicted molar refractivity (Wildman–Crippen MR) is 83.3 cm³/mol. The first kappa shape index (κ1) is 13.9. The molecule has 2 aromatic rings. The van der Waals surface area contributed by atoms with Gasteiger partial charge in [0.05, 0.1) is 6.10 Å². The Labute approximate surface area is 131 Å². The van der Waals surface area contributed by atoms with Crippen molar-refractivity contribution in [1.82, 2.24) is 0 Å². The molecule has 2 aromatic carbocycles. The van der Waals surface area contributed by atoms with E-state index in [-0.39, 0.29) is 6.10 Å². The second kappa shape index (κ2) is 5.40. The maximum absolute atomic E-state index is 10.3. The molecule has 0 radical (unpaired) electrons. The fourth-order valence-corrected chi connectivity index (χ4v) is 3.17. The Balaban J connectivity index is 1.98. The molecule has 0 saturated carbocycles. The summed E-state index contributed by atoms with van der Waals surface area (Å²) in [5.41, 5.74) is 2.99. The number of hydrogen-bond acceptors (Lipinski definition) is 2. The lowest BCUT2D eigenvalue weighted by Gasteiger charge is -2.30. The van der Waals surface area contributed by atoms with Gasteiger partial charge in [-0.2, -0.15) is 0 Å². The average Bonchev–Trinajstić information content (AvgIpc) is 2.37. The summed E-state index contributed by atoms with van der Waals surface area (Å²) < 4.78 is 7.00. The Morgan fingerprint density at radius 2 is 1.95 bits per heavy atom. The summed E-state index contributed by atoms with van der Waals surface area (Å²) in [5.74, 6) is 0.734. The van der Waals surface area contributed by atoms with Gasteiger partial charge in [-0.15, -0.1) is 0 Å². The zero-order valence-corrected chi connectivity index (χ0v) is 13.3. The van der Waals surface area contributed by atoms with E-state index >= 15 is 0 Å². The van der Waals surface area contributed by atoms with Crippen LogP contribution in [0.1, 0.15) is 35.3 Å². The molecule has 1 unspecified atom stereocenters. The van der Waals surface area contributed by atoms with Gasteiger partial charge in [0, 0.05) is 21.5 Å². The highest BCUT2D eigenvalue weighted by Crippen LogP contribution is 2.42. The van der Waals surface area contributed by atoms with Gasteiger partial charge < -0.3 is 9.84 Å². The number of aliphatic hydroxyl groups excluding tert-OH is 1. The molecule has 0 aliphatic carbocycles. The van der Waals surface area contributed by atoms with Crippen molar-refractivity contribution < 1.29 is 9.84 Å². The first-order chi connectivity index (χ1) is 9.54. The molecule has 104 valence electrons. The summed E-state index contributed by atoms with van der Waals surface area (Å²) in [6.45, 7) is 2.01. The van der Waals surface area contributed by atoms with Crippen molar-refractivity contribution in [2.24, 2.45) is 0 Å². The number of rotatable bonds is 1. The smallest absolute Gasteiger partial charge is 0.127 e. The van der Waals surface area contributed by atoms with E-state index in [2.05, 4.69) is 15.9 Å². The van der Waals surface area contributed by atoms with Crippen LogP contribution in [0.25, 0.3) is 0 Å². The van der Waals surface area contributed by atoms with Gasteiger partial charge in [0.1, 0.15) is 11.9 Å². The third kappa shape index (κ3) is 2.58. The largest absolute Gasteiger partial charge is 0.485 e. The molecule has 0 bridgehead atoms. The number of aryl methyl sites for hydroxylation is 1. The van der Waals surface area contributed by atoms with Crippen LogP contribution in [-0.4, -0.2) is 5.11 Å². The molecular weight excluding hydrogens is 340 g/mol. The minimum atomic E-state index is -0.507. The number of halogens is 2. The van der Waals surface area contributed by atoms with Gasteiger partial charge in [0.25, 0.3) is 0 Å². The minimum absolute atomic E-state index is 0.149. The fraction of sp³-hybridized carbons (Fsp3) is 0.250. The molecule has 0 fully saturated rings. The maximum atomic E-state index is 10.3. The second-order valence-corrected chi connectivity index (χ2v) is 6.39. The molecule has 0 spiro atoms. The standard InChI is InChI=1S/C16H14BrClO2/c1-9-6-11(18)3-5-12(9)16-8-14(19)13-4-2-10(17)7-15(13)20-16/h2-7,14,16,19H,8H2,1H3/t14-,16?/m1/s1. The summed E-state index contributed by atoms with van der Waals surface area (Å²) in [4.78, 5) is 0. The third-order valence-electron chi connectivity index (χ3n) is 3.62. The number of hydrogen-bond donors (Lipinski definition) is 1. The Morgan fingerprint density at radius 3 is 2.70 bits per heavy atom. The molecule has 0 amide bonds. The number of fused-ring (bicyclic) bond motifs is 1. The van der Waals surface area contributed by atoms with Crippen LogP contribution in [0.5, 0.6) is 5.75 Å². The number of ether oxygens (including phenoxy) is 1. The van der Waals surface area contributed by atoms with Crippen molar-refractivity contribution in [1.29, 1.82) is 0 Å². The van der Waals surface area contributed by atoms with Crippen molar-refractivity contribution >= 4 is 27.5 Å². The van der Waals surface area contributed by atoms with Crippen molar-refractivity contribution in [3.05, 3.63) is 62.6 Å². The zero-order chi connectivity index (χ0) is 14.3. The van der Waals surface area contributed by atoms with Gasteiger partial charge in [-0.1, -0.05) is 39.7 Å². The van der Waals surface area contributed by atoms with Crippen LogP contribution in [0.3, 0.4) is 0 Å². The van der Waals surface area contributed by atoms with E-state index in [1.54, 1.807) is 0 Å². The second-order valence-electron chi connectivity index (χ2n) is 5.04. The molecule has 0 aromatic heterocycles. The average molecular weight is 354 g/mol. The third-order valence-corrected chi connectivity index (χ3v) is 4.35. The van der Waals surface area contributed by atoms with E-state index in [1.165, 1.54) is 0 Å². The molecule has 0 saturated heterocycles. The molecule has 4 heteroatoms. The lowest BCUT2D eigenvalue weighted by molar-refractivity contribution is 0.0654. The van der Waals surface area contributed by atoms with Gasteiger partial charge in [-0.25, -0.2) is 0 Å². The normalized spacial score (nSPS) is 21.2. The van der Waals surface area contributed by atoms with Crippen LogP contribution in [0.2, 0.25) is 5.02 Å². The van der Waals surface area contributed by atoms with Crippen LogP contribution in [0.15, 0.2) is 40.9 Å². The first-order valence-corrected chi connectivity index (χ1v) is 7.62. The SMILES string of the molecule is Cc1cc(Cl)ccc1C1C[C@@H](O)c2ccc(Br)cc2O1. The molecule has 2 atom stereocenters. The highest BCUT2D eigenvalue weighted by atomic mass is 79.9. The minimum Gasteiger partial charge on any atom is -0.485 e. The lowest BCUT2D eigenvalue weighted by atomic mass is 9.93. The van der Waals surface area contributed by atoms with Crippen LogP contribution in [0, 0.1) is 6.92 Å². The Morgan fingerprint density at radius 1 is 1.20 bits per heavy atom. The number of aliphatic hydroxyl groups is 1. The number of benzene rings is 2. The van der Waals surface area contributed by atoms with Crippen molar-refractivity contribution in [3.63, 3.8) is 0 Å². The van der Waals surface area contributed by atoms with E-state index in [0.717, 1.165) is 26.9 Å². The maximum Gasteiger partial charge on any atom is 0.127 e. The Bertz CT molecular complexity index is 657. The molecule has 3 rings (SSSR count). The highest BCUT2D eigenvalue weighted by Gasteiger charge is 2.28. The molecular formula is C16H14BrClO2. The van der Waals surface area contributed by atoms with E-state index in [0.29, 0.717) is 11.4 Å². The van der Waals surface area contributed by atoms with Crippen LogP contribution in [-0.2, 0) is 0 Å². The molecule has 1 heterocycles. The Hall–Kier alpha value is -1.03. The van der Waals surface area contributed by atoms with E-state index in [4.69, 9.17) is 16.3 Å². The quantitative estimate of drug-likeness (QED) is 0.784. The summed E-state index contributed by atoms with van der Waals surface area (Å²) in [5, 5.41) is 11.0. The van der Waals surface area contributed by atoms with Gasteiger partial charge in [-0.05, 0) is 42.3 Å². The lowest BCUT2D eigenvalue weighted by Crippen LogP contribution is -2.19. The van der Waals surface area contributed by atoms with Gasteiger partial charge >= 0.3 is 0 Å². The van der Waals surface area contributed by atoms with Crippen molar-refractivity contribution in [3.8, 4) is 5.75 Å². The topological polar surface area (TPSA) is 29.5 Å². The fourth-order valence-electron chi connectivity index (χ4n) is 2.61. The summed E-state index contributed by atoms with van der Waals surface area (Å²) in [6.07, 6.45) is -0.104. The summed E-state index contributed by atoms with van der Waals surface area (Å²) in [6, 6.07) is 11.5. The molecule has 1 aliphatic rings. The predicted octanol–water partition coefficient (Wildman–Crippen LogP) is 4.97. The summed E-state index contributed by atoms with van der Waals surface area (Å²) in [7, 11) is 0. The highest BCUT2D eigenvalue weighted by molar-refractivity contribution is 9.10. The molecule has 1 aliphatic heterocycles. The van der Waals surface area contributed by atoms with E-state index in [1.807, 2.05) is 43.3 Å². The van der Waals surface area contributed by atoms with Crippen LogP contribution >= 0.6 is 27.5 Å². The van der Waals surface area contributed by atoms with Crippen LogP contribution in [0.4, 0.5) is 0 Å². The van der Waals surface area contributed by atoms with Gasteiger partial charge in [0.15, 0.2) is 0 Å².